The molecular weight excluding hydrogens is 435 g/mol. The van der Waals surface area contributed by atoms with Crippen LogP contribution in [0.3, 0.4) is 0 Å². The lowest BCUT2D eigenvalue weighted by Gasteiger charge is -2.10. The summed E-state index contributed by atoms with van der Waals surface area (Å²) >= 11 is 8.64. The van der Waals surface area contributed by atoms with Crippen LogP contribution in [-0.4, -0.2) is 21.0 Å². The molecule has 0 spiro atoms. The molecule has 0 saturated carbocycles. The normalized spacial score (nSPS) is 11.8. The molecule has 0 unspecified atom stereocenters. The number of anilines is 2. The Balaban J connectivity index is 2.01. The molecule has 11 heteroatoms. The van der Waals surface area contributed by atoms with Gasteiger partial charge in [-0.3, -0.25) is 0 Å². The highest BCUT2D eigenvalue weighted by Crippen LogP contribution is 2.42. The number of thiophene rings is 1. The second kappa shape index (κ2) is 7.69. The van der Waals surface area contributed by atoms with E-state index in [9.17, 15) is 23.1 Å². The van der Waals surface area contributed by atoms with E-state index in [1.807, 2.05) is 19.9 Å². The third-order valence-corrected chi connectivity index (χ3v) is 6.07. The number of halogens is 4. The van der Waals surface area contributed by atoms with Gasteiger partial charge in [-0.2, -0.15) is 13.2 Å². The second-order valence-corrected chi connectivity index (χ2v) is 8.75. The SMILES string of the molecule is CC(C)c1nc(Nc2ncc(C(F)(F)F)cc2C(=O)O)sc1-c1ccc(Cl)s1. The van der Waals surface area contributed by atoms with Crippen LogP contribution in [0.5, 0.6) is 0 Å². The molecule has 3 aromatic rings. The van der Waals surface area contributed by atoms with E-state index < -0.39 is 23.3 Å². The first-order chi connectivity index (χ1) is 13.1. The van der Waals surface area contributed by atoms with Crippen molar-refractivity contribution < 1.29 is 23.1 Å². The summed E-state index contributed by atoms with van der Waals surface area (Å²) in [5.74, 6) is -1.66. The van der Waals surface area contributed by atoms with Crippen molar-refractivity contribution in [3.63, 3.8) is 0 Å². The molecule has 0 bridgehead atoms. The van der Waals surface area contributed by atoms with E-state index in [1.165, 1.54) is 22.7 Å². The highest BCUT2D eigenvalue weighted by molar-refractivity contribution is 7.25. The predicted molar refractivity (Wildman–Crippen MR) is 104 cm³/mol. The molecule has 3 heterocycles. The first-order valence-electron chi connectivity index (χ1n) is 7.90. The van der Waals surface area contributed by atoms with Gasteiger partial charge in [-0.15, -0.1) is 11.3 Å². The molecule has 0 atom stereocenters. The van der Waals surface area contributed by atoms with Crippen molar-refractivity contribution in [2.24, 2.45) is 0 Å². The molecule has 0 aliphatic rings. The fourth-order valence-corrected chi connectivity index (χ4v) is 4.65. The van der Waals surface area contributed by atoms with Gasteiger partial charge in [0.25, 0.3) is 0 Å². The van der Waals surface area contributed by atoms with E-state index in [0.29, 0.717) is 21.7 Å². The number of alkyl halides is 3. The van der Waals surface area contributed by atoms with Crippen molar-refractivity contribution in [2.45, 2.75) is 25.9 Å². The van der Waals surface area contributed by atoms with Crippen molar-refractivity contribution in [3.05, 3.63) is 45.6 Å². The molecule has 2 N–H and O–H groups in total. The van der Waals surface area contributed by atoms with Gasteiger partial charge in [-0.1, -0.05) is 36.8 Å². The van der Waals surface area contributed by atoms with Crippen LogP contribution in [0.15, 0.2) is 24.4 Å². The molecular formula is C17H13ClF3N3O2S2. The lowest BCUT2D eigenvalue weighted by atomic mass is 10.1. The topological polar surface area (TPSA) is 75.1 Å². The van der Waals surface area contributed by atoms with Gasteiger partial charge in [0.15, 0.2) is 5.13 Å². The Morgan fingerprint density at radius 2 is 2.00 bits per heavy atom. The molecule has 0 aromatic carbocycles. The van der Waals surface area contributed by atoms with Crippen LogP contribution in [0.25, 0.3) is 9.75 Å². The van der Waals surface area contributed by atoms with Crippen molar-refractivity contribution in [3.8, 4) is 9.75 Å². The van der Waals surface area contributed by atoms with Crippen molar-refractivity contribution in [1.29, 1.82) is 0 Å². The van der Waals surface area contributed by atoms with E-state index in [1.54, 1.807) is 6.07 Å². The standard InChI is InChI=1S/C17H13ClF3N3O2S2/c1-7(2)12-13(10-3-4-11(18)27-10)28-16(23-12)24-14-9(15(25)26)5-8(6-22-14)17(19,20)21/h3-7H,1-2H3,(H,25,26)(H,22,23,24). The molecule has 3 rings (SSSR count). The third kappa shape index (κ3) is 4.29. The number of carboxylic acids is 1. The van der Waals surface area contributed by atoms with Gasteiger partial charge in [0.1, 0.15) is 11.4 Å². The number of nitrogens with zero attached hydrogens (tertiary/aromatic N) is 2. The van der Waals surface area contributed by atoms with Crippen LogP contribution >= 0.6 is 34.3 Å². The van der Waals surface area contributed by atoms with Gasteiger partial charge in [0.05, 0.1) is 20.5 Å². The average Bonchev–Trinajstić information content (AvgIpc) is 3.20. The third-order valence-electron chi connectivity index (χ3n) is 3.67. The quantitative estimate of drug-likeness (QED) is 0.466. The van der Waals surface area contributed by atoms with E-state index in [0.717, 1.165) is 15.4 Å². The van der Waals surface area contributed by atoms with E-state index in [4.69, 9.17) is 11.6 Å². The maximum Gasteiger partial charge on any atom is 0.417 e. The first-order valence-corrected chi connectivity index (χ1v) is 9.91. The van der Waals surface area contributed by atoms with Crippen molar-refractivity contribution in [2.75, 3.05) is 5.32 Å². The summed E-state index contributed by atoms with van der Waals surface area (Å²) in [4.78, 5) is 21.3. The zero-order valence-corrected chi connectivity index (χ0v) is 16.9. The Labute approximate surface area is 170 Å². The summed E-state index contributed by atoms with van der Waals surface area (Å²) in [7, 11) is 0. The first kappa shape index (κ1) is 20.6. The zero-order chi connectivity index (χ0) is 20.6. The summed E-state index contributed by atoms with van der Waals surface area (Å²) in [6, 6.07) is 4.17. The van der Waals surface area contributed by atoms with Gasteiger partial charge >= 0.3 is 12.1 Å². The molecule has 148 valence electrons. The van der Waals surface area contributed by atoms with E-state index in [-0.39, 0.29) is 11.7 Å². The highest BCUT2D eigenvalue weighted by Gasteiger charge is 2.32. The number of hydrogen-bond acceptors (Lipinski definition) is 6. The Morgan fingerprint density at radius 3 is 2.54 bits per heavy atom. The molecule has 0 amide bonds. The number of carboxylic acid groups (broad SMARTS) is 1. The van der Waals surface area contributed by atoms with Gasteiger partial charge in [0, 0.05) is 11.1 Å². The number of hydrogen-bond donors (Lipinski definition) is 2. The van der Waals surface area contributed by atoms with Crippen molar-refractivity contribution >= 4 is 51.2 Å². The Bertz CT molecular complexity index is 1030. The lowest BCUT2D eigenvalue weighted by molar-refractivity contribution is -0.137. The maximum absolute atomic E-state index is 12.9. The molecule has 0 radical (unpaired) electrons. The predicted octanol–water partition coefficient (Wildman–Crippen LogP) is 6.50. The Kier molecular flexibility index (Phi) is 5.64. The molecule has 3 aromatic heterocycles. The lowest BCUT2D eigenvalue weighted by Crippen LogP contribution is -2.11. The Hall–Kier alpha value is -2.17. The van der Waals surface area contributed by atoms with Crippen LogP contribution < -0.4 is 5.32 Å². The average molecular weight is 448 g/mol. The van der Waals surface area contributed by atoms with Crippen LogP contribution in [0.1, 0.15) is 41.4 Å². The largest absolute Gasteiger partial charge is 0.478 e. The summed E-state index contributed by atoms with van der Waals surface area (Å²) in [6.45, 7) is 3.91. The Morgan fingerprint density at radius 1 is 1.29 bits per heavy atom. The summed E-state index contributed by atoms with van der Waals surface area (Å²) in [6.07, 6.45) is -4.10. The fourth-order valence-electron chi connectivity index (χ4n) is 2.37. The number of carbonyl (C=O) groups is 1. The van der Waals surface area contributed by atoms with E-state index in [2.05, 4.69) is 15.3 Å². The maximum atomic E-state index is 12.9. The van der Waals surface area contributed by atoms with Crippen LogP contribution in [0, 0.1) is 0 Å². The van der Waals surface area contributed by atoms with Gasteiger partial charge < -0.3 is 10.4 Å². The van der Waals surface area contributed by atoms with Gasteiger partial charge in [-0.05, 0) is 24.1 Å². The molecule has 0 aliphatic carbocycles. The summed E-state index contributed by atoms with van der Waals surface area (Å²) in [5.41, 5.74) is -0.946. The summed E-state index contributed by atoms with van der Waals surface area (Å²) in [5, 5.41) is 12.4. The highest BCUT2D eigenvalue weighted by atomic mass is 35.5. The minimum absolute atomic E-state index is 0.0715. The summed E-state index contributed by atoms with van der Waals surface area (Å²) < 4.78 is 39.2. The fraction of sp³-hybridized carbons (Fsp3) is 0.235. The molecule has 5 nitrogen and oxygen atoms in total. The van der Waals surface area contributed by atoms with Crippen molar-refractivity contribution in [1.82, 2.24) is 9.97 Å². The number of thiazole rings is 1. The van der Waals surface area contributed by atoms with Crippen LogP contribution in [0.4, 0.5) is 24.1 Å². The molecule has 28 heavy (non-hydrogen) atoms. The van der Waals surface area contributed by atoms with E-state index >= 15 is 0 Å². The number of rotatable bonds is 5. The number of aromatic nitrogens is 2. The van der Waals surface area contributed by atoms with Crippen LogP contribution in [0.2, 0.25) is 4.34 Å². The molecule has 0 fully saturated rings. The second-order valence-electron chi connectivity index (χ2n) is 6.04. The molecule has 0 aliphatic heterocycles. The molecule has 0 saturated heterocycles. The van der Waals surface area contributed by atoms with Gasteiger partial charge in [0.2, 0.25) is 0 Å². The monoisotopic (exact) mass is 447 g/mol. The number of aromatic carboxylic acids is 1. The van der Waals surface area contributed by atoms with Crippen LogP contribution in [-0.2, 0) is 6.18 Å². The smallest absolute Gasteiger partial charge is 0.417 e. The van der Waals surface area contributed by atoms with Gasteiger partial charge in [-0.25, -0.2) is 14.8 Å². The number of pyridine rings is 1. The minimum Gasteiger partial charge on any atom is -0.478 e. The number of nitrogens with one attached hydrogen (secondary N) is 1. The minimum atomic E-state index is -4.69. The zero-order valence-electron chi connectivity index (χ0n) is 14.5.